The van der Waals surface area contributed by atoms with E-state index in [-0.39, 0.29) is 6.04 Å². The van der Waals surface area contributed by atoms with Crippen molar-refractivity contribution in [3.8, 4) is 11.1 Å². The SMILES string of the molecule is CC1C=C(C(N)=O)N=[N+]1c1ccc(Cc2ccc(-c3ccc(CN4CC5CN(C)CC5C4)cc3)cc2)cc1. The van der Waals surface area contributed by atoms with Gasteiger partial charge in [0.2, 0.25) is 11.7 Å². The molecule has 0 saturated carbocycles. The van der Waals surface area contributed by atoms with Crippen molar-refractivity contribution < 1.29 is 9.49 Å². The first-order valence-electron chi connectivity index (χ1n) is 13.6. The molecule has 3 heterocycles. The fourth-order valence-electron chi connectivity index (χ4n) is 6.30. The largest absolute Gasteiger partial charge is 0.364 e. The zero-order valence-corrected chi connectivity index (χ0v) is 22.3. The fourth-order valence-corrected chi connectivity index (χ4v) is 6.30. The first kappa shape index (κ1) is 24.7. The third-order valence-electron chi connectivity index (χ3n) is 8.25. The van der Waals surface area contributed by atoms with Crippen LogP contribution in [0, 0.1) is 11.8 Å². The Hall–Kier alpha value is -3.61. The van der Waals surface area contributed by atoms with Crippen LogP contribution < -0.4 is 5.73 Å². The quantitative estimate of drug-likeness (QED) is 0.468. The number of azo groups is 2. The molecule has 0 aromatic heterocycles. The van der Waals surface area contributed by atoms with Crippen molar-refractivity contribution in [1.82, 2.24) is 9.80 Å². The average Bonchev–Trinajstić information content (AvgIpc) is 3.58. The molecule has 194 valence electrons. The Morgan fingerprint density at radius 3 is 1.89 bits per heavy atom. The maximum Gasteiger partial charge on any atom is 0.273 e. The van der Waals surface area contributed by atoms with Crippen LogP contribution in [-0.2, 0) is 17.8 Å². The van der Waals surface area contributed by atoms with Crippen LogP contribution in [0.2, 0.25) is 0 Å². The Bertz CT molecular complexity index is 1360. The van der Waals surface area contributed by atoms with Crippen molar-refractivity contribution >= 4 is 11.6 Å². The molecule has 3 aliphatic rings. The predicted molar refractivity (Wildman–Crippen MR) is 150 cm³/mol. The number of hydrogen-bond donors (Lipinski definition) is 1. The van der Waals surface area contributed by atoms with Gasteiger partial charge in [0.1, 0.15) is 0 Å². The number of likely N-dealkylation sites (tertiary alicyclic amines) is 2. The number of carbonyl (C=O) groups is 1. The van der Waals surface area contributed by atoms with Crippen LogP contribution in [0.5, 0.6) is 0 Å². The second-order valence-electron chi connectivity index (χ2n) is 11.3. The van der Waals surface area contributed by atoms with E-state index < -0.39 is 5.91 Å². The van der Waals surface area contributed by atoms with Gasteiger partial charge in [-0.25, -0.2) is 0 Å². The summed E-state index contributed by atoms with van der Waals surface area (Å²) in [5, 5.41) is 4.35. The Labute approximate surface area is 225 Å². The lowest BCUT2D eigenvalue weighted by molar-refractivity contribution is -0.526. The molecule has 6 heteroatoms. The summed E-state index contributed by atoms with van der Waals surface area (Å²) in [6, 6.07) is 26.3. The Morgan fingerprint density at radius 2 is 1.37 bits per heavy atom. The highest BCUT2D eigenvalue weighted by Crippen LogP contribution is 2.31. The molecule has 3 atom stereocenters. The molecule has 0 spiro atoms. The first-order chi connectivity index (χ1) is 18.4. The highest BCUT2D eigenvalue weighted by molar-refractivity contribution is 5.91. The van der Waals surface area contributed by atoms with Gasteiger partial charge in [-0.15, -0.1) is 0 Å². The van der Waals surface area contributed by atoms with E-state index in [1.807, 2.05) is 11.6 Å². The molecule has 38 heavy (non-hydrogen) atoms. The van der Waals surface area contributed by atoms with Gasteiger partial charge in [0.05, 0.1) is 0 Å². The van der Waals surface area contributed by atoms with Crippen LogP contribution in [0.1, 0.15) is 23.6 Å². The second kappa shape index (κ2) is 10.3. The van der Waals surface area contributed by atoms with E-state index >= 15 is 0 Å². The van der Waals surface area contributed by atoms with Crippen molar-refractivity contribution in [1.29, 1.82) is 0 Å². The van der Waals surface area contributed by atoms with Crippen LogP contribution in [0.4, 0.5) is 5.69 Å². The Kier molecular flexibility index (Phi) is 6.68. The van der Waals surface area contributed by atoms with Crippen LogP contribution in [-0.4, -0.2) is 59.7 Å². The van der Waals surface area contributed by atoms with E-state index in [4.69, 9.17) is 5.73 Å². The number of rotatable bonds is 7. The van der Waals surface area contributed by atoms with Crippen LogP contribution >= 0.6 is 0 Å². The molecule has 3 aromatic rings. The molecule has 3 aromatic carbocycles. The summed E-state index contributed by atoms with van der Waals surface area (Å²) >= 11 is 0. The zero-order chi connectivity index (χ0) is 26.2. The number of hydrogen-bond acceptors (Lipinski definition) is 4. The number of carbonyl (C=O) groups excluding carboxylic acids is 1. The highest BCUT2D eigenvalue weighted by atomic mass is 16.1. The smallest absolute Gasteiger partial charge is 0.273 e. The lowest BCUT2D eigenvalue weighted by atomic mass is 9.99. The summed E-state index contributed by atoms with van der Waals surface area (Å²) in [6.07, 6.45) is 2.66. The van der Waals surface area contributed by atoms with Gasteiger partial charge in [0.15, 0.2) is 5.70 Å². The Morgan fingerprint density at radius 1 is 0.842 bits per heavy atom. The third-order valence-corrected chi connectivity index (χ3v) is 8.25. The van der Waals surface area contributed by atoms with Gasteiger partial charge in [-0.3, -0.25) is 9.69 Å². The number of primary amides is 1. The van der Waals surface area contributed by atoms with E-state index in [1.54, 1.807) is 6.08 Å². The summed E-state index contributed by atoms with van der Waals surface area (Å²) in [5.41, 5.74) is 13.1. The molecule has 2 N–H and O–H groups in total. The first-order valence-corrected chi connectivity index (χ1v) is 13.6. The summed E-state index contributed by atoms with van der Waals surface area (Å²) in [6.45, 7) is 8.04. The normalized spacial score (nSPS) is 23.4. The third kappa shape index (κ3) is 5.19. The second-order valence-corrected chi connectivity index (χ2v) is 11.3. The number of amides is 1. The van der Waals surface area contributed by atoms with E-state index in [9.17, 15) is 4.79 Å². The molecule has 0 aliphatic carbocycles. The molecule has 6 rings (SSSR count). The maximum atomic E-state index is 11.4. The molecular weight excluding hydrogens is 470 g/mol. The summed E-state index contributed by atoms with van der Waals surface area (Å²) in [4.78, 5) is 16.6. The highest BCUT2D eigenvalue weighted by Gasteiger charge is 2.38. The summed E-state index contributed by atoms with van der Waals surface area (Å²) < 4.78 is 1.83. The summed E-state index contributed by atoms with van der Waals surface area (Å²) in [7, 11) is 2.25. The Balaban J connectivity index is 1.05. The van der Waals surface area contributed by atoms with Crippen LogP contribution in [0.25, 0.3) is 11.1 Å². The molecule has 2 saturated heterocycles. The van der Waals surface area contributed by atoms with E-state index in [0.717, 1.165) is 30.5 Å². The standard InChI is InChI=1S/C32H35N5O/c1-22-15-31(32(33)38)34-37(22)30-13-7-24(8-14-30)16-23-3-9-26(10-4-23)27-11-5-25(6-12-27)17-36-20-28-18-35(2)19-29(28)21-36/h3-15,22,28-29H,16-21H2,1-2H3,(H-,33,38)/p+1. The molecule has 0 bridgehead atoms. The van der Waals surface area contributed by atoms with Crippen molar-refractivity contribution in [2.75, 3.05) is 33.2 Å². The van der Waals surface area contributed by atoms with E-state index in [2.05, 4.69) is 94.8 Å². The molecule has 6 nitrogen and oxygen atoms in total. The molecule has 0 radical (unpaired) electrons. The molecule has 3 unspecified atom stereocenters. The minimum Gasteiger partial charge on any atom is -0.364 e. The fraction of sp³-hybridized carbons (Fsp3) is 0.344. The van der Waals surface area contributed by atoms with Crippen molar-refractivity contribution in [3.63, 3.8) is 0 Å². The number of fused-ring (bicyclic) bond motifs is 1. The van der Waals surface area contributed by atoms with E-state index in [1.165, 1.54) is 54.0 Å². The number of nitrogens with two attached hydrogens (primary N) is 1. The lowest BCUT2D eigenvalue weighted by Gasteiger charge is -2.19. The van der Waals surface area contributed by atoms with Gasteiger partial charge < -0.3 is 10.6 Å². The maximum absolute atomic E-state index is 11.4. The van der Waals surface area contributed by atoms with Gasteiger partial charge in [-0.1, -0.05) is 65.4 Å². The van der Waals surface area contributed by atoms with Crippen molar-refractivity contribution in [3.05, 3.63) is 101 Å². The van der Waals surface area contributed by atoms with Gasteiger partial charge in [0.25, 0.3) is 5.91 Å². The van der Waals surface area contributed by atoms with Gasteiger partial charge >= 0.3 is 0 Å². The van der Waals surface area contributed by atoms with Gasteiger partial charge in [0, 0.05) is 63.0 Å². The van der Waals surface area contributed by atoms with Crippen molar-refractivity contribution in [2.45, 2.75) is 25.9 Å². The minimum absolute atomic E-state index is 0.00663. The lowest BCUT2D eigenvalue weighted by Crippen LogP contribution is -2.26. The molecule has 3 aliphatic heterocycles. The van der Waals surface area contributed by atoms with Gasteiger partial charge in [-0.05, 0) is 53.1 Å². The number of benzene rings is 3. The van der Waals surface area contributed by atoms with Gasteiger partial charge in [-0.2, -0.15) is 0 Å². The molecule has 2 fully saturated rings. The molecule has 1 amide bonds. The van der Waals surface area contributed by atoms with Crippen molar-refractivity contribution in [2.24, 2.45) is 22.7 Å². The predicted octanol–water partition coefficient (Wildman–Crippen LogP) is 4.81. The van der Waals surface area contributed by atoms with Crippen LogP contribution in [0.3, 0.4) is 0 Å². The molecular formula is C32H36N5O+. The average molecular weight is 507 g/mol. The number of nitrogens with zero attached hydrogens (tertiary/aromatic N) is 4. The summed E-state index contributed by atoms with van der Waals surface area (Å²) in [5.74, 6) is 1.22. The monoisotopic (exact) mass is 506 g/mol. The minimum atomic E-state index is -0.493. The van der Waals surface area contributed by atoms with Crippen LogP contribution in [0.15, 0.2) is 89.7 Å². The topological polar surface area (TPSA) is 64.9 Å². The van der Waals surface area contributed by atoms with E-state index in [0.29, 0.717) is 5.70 Å². The zero-order valence-electron chi connectivity index (χ0n) is 22.3.